The van der Waals surface area contributed by atoms with Crippen molar-refractivity contribution in [2.75, 3.05) is 0 Å². The van der Waals surface area contributed by atoms with Crippen molar-refractivity contribution in [1.82, 2.24) is 0 Å². The zero-order valence-corrected chi connectivity index (χ0v) is 14.0. The van der Waals surface area contributed by atoms with Crippen LogP contribution in [0, 0.1) is 0 Å². The summed E-state index contributed by atoms with van der Waals surface area (Å²) in [6.45, 7) is 4.11. The topological polar surface area (TPSA) is 44.8 Å². The third-order valence-electron chi connectivity index (χ3n) is 4.74. The van der Waals surface area contributed by atoms with E-state index in [1.54, 1.807) is 12.1 Å². The Morgan fingerprint density at radius 2 is 1.84 bits per heavy atom. The van der Waals surface area contributed by atoms with Gasteiger partial charge >= 0.3 is 5.97 Å². The molecule has 0 radical (unpaired) electrons. The van der Waals surface area contributed by atoms with Crippen LogP contribution in [0.4, 0.5) is 0 Å². The summed E-state index contributed by atoms with van der Waals surface area (Å²) in [4.78, 5) is 12.6. The summed E-state index contributed by atoms with van der Waals surface area (Å²) in [7, 11) is 0. The van der Waals surface area contributed by atoms with Gasteiger partial charge in [0.05, 0.1) is 0 Å². The molecule has 1 spiro atoms. The quantitative estimate of drug-likeness (QED) is 0.757. The molecule has 2 aromatic carbocycles. The Labute approximate surface area is 147 Å². The van der Waals surface area contributed by atoms with Gasteiger partial charge in [0.2, 0.25) is 0 Å². The van der Waals surface area contributed by atoms with Crippen molar-refractivity contribution in [2.45, 2.75) is 38.1 Å². The van der Waals surface area contributed by atoms with Crippen LogP contribution >= 0.6 is 0 Å². The molecule has 4 nitrogen and oxygen atoms in total. The molecule has 4 heteroatoms. The first kappa shape index (κ1) is 15.8. The number of ether oxygens (including phenoxy) is 3. The molecule has 4 rings (SSSR count). The SMILES string of the molecule is C=Cc1ccc(COc2cccc3c2C(=O)OC2(CCCC2)O3)cc1. The second-order valence-electron chi connectivity index (χ2n) is 6.47. The lowest BCUT2D eigenvalue weighted by Gasteiger charge is -2.35. The van der Waals surface area contributed by atoms with E-state index in [1.165, 1.54) is 0 Å². The summed E-state index contributed by atoms with van der Waals surface area (Å²) in [5.41, 5.74) is 2.45. The van der Waals surface area contributed by atoms with E-state index in [-0.39, 0.29) is 5.97 Å². The summed E-state index contributed by atoms with van der Waals surface area (Å²) in [6, 6.07) is 13.3. The van der Waals surface area contributed by atoms with Gasteiger partial charge < -0.3 is 14.2 Å². The number of carbonyl (C=O) groups is 1. The van der Waals surface area contributed by atoms with Crippen molar-refractivity contribution in [2.24, 2.45) is 0 Å². The van der Waals surface area contributed by atoms with E-state index in [9.17, 15) is 4.79 Å². The number of fused-ring (bicyclic) bond motifs is 1. The van der Waals surface area contributed by atoms with Crippen LogP contribution < -0.4 is 9.47 Å². The first-order valence-corrected chi connectivity index (χ1v) is 8.59. The van der Waals surface area contributed by atoms with Gasteiger partial charge in [0, 0.05) is 12.8 Å². The average Bonchev–Trinajstić information content (AvgIpc) is 3.07. The highest BCUT2D eigenvalue weighted by molar-refractivity contribution is 5.96. The molecule has 0 atom stereocenters. The van der Waals surface area contributed by atoms with Crippen molar-refractivity contribution < 1.29 is 19.0 Å². The van der Waals surface area contributed by atoms with E-state index in [0.29, 0.717) is 23.7 Å². The molecule has 25 heavy (non-hydrogen) atoms. The molecule has 0 aromatic heterocycles. The molecule has 0 saturated heterocycles. The van der Waals surface area contributed by atoms with Gasteiger partial charge in [0.25, 0.3) is 5.79 Å². The maximum Gasteiger partial charge on any atom is 0.349 e. The third-order valence-corrected chi connectivity index (χ3v) is 4.74. The van der Waals surface area contributed by atoms with Crippen molar-refractivity contribution >= 4 is 12.0 Å². The van der Waals surface area contributed by atoms with Crippen LogP contribution in [0.1, 0.15) is 47.2 Å². The van der Waals surface area contributed by atoms with Gasteiger partial charge in [-0.3, -0.25) is 0 Å². The lowest BCUT2D eigenvalue weighted by Crippen LogP contribution is -2.42. The first-order chi connectivity index (χ1) is 12.2. The molecule has 1 heterocycles. The largest absolute Gasteiger partial charge is 0.488 e. The fourth-order valence-corrected chi connectivity index (χ4v) is 3.39. The second-order valence-corrected chi connectivity index (χ2v) is 6.47. The van der Waals surface area contributed by atoms with Crippen molar-refractivity contribution in [3.63, 3.8) is 0 Å². The monoisotopic (exact) mass is 336 g/mol. The van der Waals surface area contributed by atoms with Gasteiger partial charge in [-0.2, -0.15) is 0 Å². The van der Waals surface area contributed by atoms with E-state index in [0.717, 1.165) is 36.8 Å². The van der Waals surface area contributed by atoms with Gasteiger partial charge in [-0.1, -0.05) is 43.0 Å². The molecule has 2 aliphatic rings. The highest BCUT2D eigenvalue weighted by Gasteiger charge is 2.45. The fourth-order valence-electron chi connectivity index (χ4n) is 3.39. The minimum Gasteiger partial charge on any atom is -0.488 e. The lowest BCUT2D eigenvalue weighted by atomic mass is 10.1. The molecule has 0 unspecified atom stereocenters. The molecule has 0 amide bonds. The summed E-state index contributed by atoms with van der Waals surface area (Å²) >= 11 is 0. The molecule has 1 fully saturated rings. The Kier molecular flexibility index (Phi) is 3.96. The second kappa shape index (κ2) is 6.28. The number of esters is 1. The van der Waals surface area contributed by atoms with E-state index in [2.05, 4.69) is 6.58 Å². The average molecular weight is 336 g/mol. The zero-order valence-electron chi connectivity index (χ0n) is 14.0. The summed E-state index contributed by atoms with van der Waals surface area (Å²) in [6.07, 6.45) is 5.32. The van der Waals surface area contributed by atoms with Crippen molar-refractivity contribution in [3.05, 3.63) is 65.7 Å². The van der Waals surface area contributed by atoms with Gasteiger partial charge in [-0.05, 0) is 36.1 Å². The molecule has 0 N–H and O–H groups in total. The Bertz CT molecular complexity index is 801. The van der Waals surface area contributed by atoms with Crippen LogP contribution in [0.2, 0.25) is 0 Å². The predicted octanol–water partition coefficient (Wildman–Crippen LogP) is 4.73. The summed E-state index contributed by atoms with van der Waals surface area (Å²) in [5, 5.41) is 0. The van der Waals surface area contributed by atoms with E-state index in [1.807, 2.05) is 36.4 Å². The van der Waals surface area contributed by atoms with Gasteiger partial charge in [-0.25, -0.2) is 4.79 Å². The number of carbonyl (C=O) groups excluding carboxylic acids is 1. The summed E-state index contributed by atoms with van der Waals surface area (Å²) < 4.78 is 17.6. The van der Waals surface area contributed by atoms with E-state index >= 15 is 0 Å². The molecular formula is C21H20O4. The Balaban J connectivity index is 1.55. The Hall–Kier alpha value is -2.75. The van der Waals surface area contributed by atoms with Crippen LogP contribution in [0.25, 0.3) is 6.08 Å². The molecule has 1 aliphatic heterocycles. The normalized spacial score (nSPS) is 17.5. The predicted molar refractivity (Wildman–Crippen MR) is 94.5 cm³/mol. The van der Waals surface area contributed by atoms with Crippen molar-refractivity contribution in [3.8, 4) is 11.5 Å². The highest BCUT2D eigenvalue weighted by atomic mass is 16.7. The van der Waals surface area contributed by atoms with Gasteiger partial charge in [0.15, 0.2) is 0 Å². The molecule has 128 valence electrons. The Morgan fingerprint density at radius 1 is 1.08 bits per heavy atom. The fraction of sp³-hybridized carbons (Fsp3) is 0.286. The van der Waals surface area contributed by atoms with Crippen LogP contribution in [0.5, 0.6) is 11.5 Å². The lowest BCUT2D eigenvalue weighted by molar-refractivity contribution is -0.148. The van der Waals surface area contributed by atoms with Crippen LogP contribution in [0.3, 0.4) is 0 Å². The summed E-state index contributed by atoms with van der Waals surface area (Å²) in [5.74, 6) is -0.0926. The first-order valence-electron chi connectivity index (χ1n) is 8.59. The standard InChI is InChI=1S/C21H20O4/c1-2-15-8-10-16(11-9-15)14-23-17-6-5-7-18-19(17)20(22)25-21(24-18)12-3-4-13-21/h2,5-11H,1,3-4,12-14H2. The smallest absolute Gasteiger partial charge is 0.349 e. The van der Waals surface area contributed by atoms with Crippen LogP contribution in [-0.4, -0.2) is 11.8 Å². The van der Waals surface area contributed by atoms with Gasteiger partial charge in [0.1, 0.15) is 23.7 Å². The third kappa shape index (κ3) is 3.00. The van der Waals surface area contributed by atoms with E-state index < -0.39 is 5.79 Å². The van der Waals surface area contributed by atoms with Crippen molar-refractivity contribution in [1.29, 1.82) is 0 Å². The molecule has 1 saturated carbocycles. The number of rotatable bonds is 4. The Morgan fingerprint density at radius 3 is 2.56 bits per heavy atom. The minimum absolute atomic E-state index is 0.360. The number of hydrogen-bond donors (Lipinski definition) is 0. The molecule has 2 aromatic rings. The number of hydrogen-bond acceptors (Lipinski definition) is 4. The molecule has 1 aliphatic carbocycles. The van der Waals surface area contributed by atoms with Crippen LogP contribution in [0.15, 0.2) is 49.0 Å². The zero-order chi connectivity index (χ0) is 17.3. The maximum absolute atomic E-state index is 12.6. The number of benzene rings is 2. The maximum atomic E-state index is 12.6. The van der Waals surface area contributed by atoms with Crippen LogP contribution in [-0.2, 0) is 11.3 Å². The van der Waals surface area contributed by atoms with E-state index in [4.69, 9.17) is 14.2 Å². The minimum atomic E-state index is -0.775. The highest BCUT2D eigenvalue weighted by Crippen LogP contribution is 2.43. The van der Waals surface area contributed by atoms with Gasteiger partial charge in [-0.15, -0.1) is 0 Å². The molecule has 0 bridgehead atoms. The molecular weight excluding hydrogens is 316 g/mol.